The lowest BCUT2D eigenvalue weighted by Gasteiger charge is -2.11. The van der Waals surface area contributed by atoms with Crippen molar-refractivity contribution in [3.63, 3.8) is 0 Å². The molecule has 5 heteroatoms. The Morgan fingerprint density at radius 3 is 2.94 bits per heavy atom. The molecule has 5 nitrogen and oxygen atoms in total. The van der Waals surface area contributed by atoms with Crippen molar-refractivity contribution in [1.82, 2.24) is 0 Å². The molecule has 2 rings (SSSR count). The summed E-state index contributed by atoms with van der Waals surface area (Å²) in [4.78, 5) is 10.6. The molecule has 2 aromatic rings. The molecule has 1 aromatic heterocycles. The number of carbonyl (C=O) groups is 1. The van der Waals surface area contributed by atoms with Crippen LogP contribution < -0.4 is 4.74 Å². The van der Waals surface area contributed by atoms with Crippen molar-refractivity contribution >= 4 is 16.9 Å². The Bertz CT molecular complexity index is 623. The molecule has 0 aliphatic heterocycles. The summed E-state index contributed by atoms with van der Waals surface area (Å²) in [5.41, 5.74) is 0.548. The molecule has 0 fully saturated rings. The molecule has 0 aliphatic rings. The number of benzene rings is 1. The summed E-state index contributed by atoms with van der Waals surface area (Å²) < 4.78 is 10.8. The van der Waals surface area contributed by atoms with E-state index in [0.717, 1.165) is 0 Å². The summed E-state index contributed by atoms with van der Waals surface area (Å²) in [6.45, 7) is 1.64. The highest BCUT2D eigenvalue weighted by Gasteiger charge is 2.18. The van der Waals surface area contributed by atoms with Crippen molar-refractivity contribution in [2.45, 2.75) is 19.4 Å². The zero-order chi connectivity index (χ0) is 13.1. The molecule has 0 bridgehead atoms. The van der Waals surface area contributed by atoms with E-state index >= 15 is 0 Å². The van der Waals surface area contributed by atoms with Gasteiger partial charge in [0.05, 0.1) is 11.8 Å². The molecule has 0 amide bonds. The van der Waals surface area contributed by atoms with E-state index in [0.29, 0.717) is 16.7 Å². The quantitative estimate of drug-likeness (QED) is 0.894. The predicted octanol–water partition coefficient (Wildman–Crippen LogP) is 2.55. The number of para-hydroxylation sites is 1. The van der Waals surface area contributed by atoms with Crippen molar-refractivity contribution in [3.05, 3.63) is 30.0 Å². The molecule has 1 aromatic carbocycles. The van der Waals surface area contributed by atoms with Gasteiger partial charge in [-0.15, -0.1) is 0 Å². The van der Waals surface area contributed by atoms with Crippen LogP contribution in [0.2, 0.25) is 0 Å². The maximum absolute atomic E-state index is 10.6. The predicted molar refractivity (Wildman–Crippen MR) is 63.3 cm³/mol. The van der Waals surface area contributed by atoms with Gasteiger partial charge in [-0.05, 0) is 19.1 Å². The van der Waals surface area contributed by atoms with E-state index < -0.39 is 12.1 Å². The average molecular weight is 245 g/mol. The van der Waals surface area contributed by atoms with Gasteiger partial charge in [0.15, 0.2) is 5.75 Å². The van der Waals surface area contributed by atoms with Crippen LogP contribution in [0.4, 0.5) is 0 Å². The molecule has 0 unspecified atom stereocenters. The van der Waals surface area contributed by atoms with Crippen LogP contribution in [-0.4, -0.2) is 17.2 Å². The lowest BCUT2D eigenvalue weighted by atomic mass is 10.2. The molecule has 0 radical (unpaired) electrons. The minimum Gasteiger partial charge on any atom is -0.485 e. The number of rotatable bonds is 4. The number of nitrogens with zero attached hydrogens (tertiary/aromatic N) is 1. The number of furan rings is 1. The van der Waals surface area contributed by atoms with E-state index in [9.17, 15) is 4.79 Å². The van der Waals surface area contributed by atoms with E-state index in [2.05, 4.69) is 0 Å². The van der Waals surface area contributed by atoms with E-state index in [-0.39, 0.29) is 12.2 Å². The molecular formula is C13H11NO4. The fraction of sp³-hybridized carbons (Fsp3) is 0.231. The second kappa shape index (κ2) is 4.80. The van der Waals surface area contributed by atoms with Crippen LogP contribution in [0.1, 0.15) is 19.1 Å². The second-order valence-corrected chi connectivity index (χ2v) is 3.89. The fourth-order valence-corrected chi connectivity index (χ4v) is 1.70. The summed E-state index contributed by atoms with van der Waals surface area (Å²) in [7, 11) is 0. The van der Waals surface area contributed by atoms with E-state index in [1.54, 1.807) is 31.2 Å². The number of aliphatic carboxylic acids is 1. The number of nitriles is 1. The zero-order valence-corrected chi connectivity index (χ0v) is 9.71. The van der Waals surface area contributed by atoms with Crippen LogP contribution in [-0.2, 0) is 4.79 Å². The number of fused-ring (bicyclic) bond motifs is 1. The topological polar surface area (TPSA) is 83.5 Å². The maximum Gasteiger partial charge on any atom is 0.307 e. The third kappa shape index (κ3) is 2.28. The summed E-state index contributed by atoms with van der Waals surface area (Å²) in [6, 6.07) is 8.99. The van der Waals surface area contributed by atoms with Crippen LogP contribution in [0.3, 0.4) is 0 Å². The van der Waals surface area contributed by atoms with Gasteiger partial charge in [0.25, 0.3) is 0 Å². The summed E-state index contributed by atoms with van der Waals surface area (Å²) in [6.07, 6.45) is -0.666. The number of ether oxygens (including phenoxy) is 1. The molecule has 1 N–H and O–H groups in total. The van der Waals surface area contributed by atoms with Crippen molar-refractivity contribution in [3.8, 4) is 11.8 Å². The number of carboxylic acid groups (broad SMARTS) is 1. The van der Waals surface area contributed by atoms with Crippen LogP contribution in [0.5, 0.6) is 5.75 Å². The van der Waals surface area contributed by atoms with E-state index in [1.165, 1.54) is 0 Å². The van der Waals surface area contributed by atoms with Crippen LogP contribution in [0, 0.1) is 11.3 Å². The number of hydrogen-bond acceptors (Lipinski definition) is 4. The smallest absolute Gasteiger partial charge is 0.307 e. The van der Waals surface area contributed by atoms with Crippen molar-refractivity contribution < 1.29 is 19.1 Å². The molecule has 0 saturated carbocycles. The molecular weight excluding hydrogens is 234 g/mol. The normalized spacial score (nSPS) is 12.0. The first kappa shape index (κ1) is 12.0. The van der Waals surface area contributed by atoms with Gasteiger partial charge in [0, 0.05) is 0 Å². The van der Waals surface area contributed by atoms with Crippen LogP contribution in [0.15, 0.2) is 28.7 Å². The molecule has 18 heavy (non-hydrogen) atoms. The largest absolute Gasteiger partial charge is 0.485 e. The number of hydrogen-bond donors (Lipinski definition) is 1. The van der Waals surface area contributed by atoms with Gasteiger partial charge in [-0.1, -0.05) is 12.1 Å². The fourth-order valence-electron chi connectivity index (χ4n) is 1.70. The summed E-state index contributed by atoms with van der Waals surface area (Å²) >= 11 is 0. The highest BCUT2D eigenvalue weighted by molar-refractivity contribution is 5.86. The Labute approximate surface area is 103 Å². The Balaban J connectivity index is 2.37. The molecule has 0 spiro atoms. The van der Waals surface area contributed by atoms with Crippen molar-refractivity contribution in [2.24, 2.45) is 0 Å². The monoisotopic (exact) mass is 245 g/mol. The number of carboxylic acids is 1. The Kier molecular flexibility index (Phi) is 3.20. The first-order chi connectivity index (χ1) is 8.61. The Hall–Kier alpha value is -2.48. The first-order valence-corrected chi connectivity index (χ1v) is 5.42. The Morgan fingerprint density at radius 1 is 1.56 bits per heavy atom. The molecule has 92 valence electrons. The molecule has 1 heterocycles. The minimum absolute atomic E-state index is 0.0634. The highest BCUT2D eigenvalue weighted by Crippen LogP contribution is 2.33. The lowest BCUT2D eigenvalue weighted by Crippen LogP contribution is -2.16. The SMILES string of the molecule is C[C@@H](CC(=O)O)Oc1c(C#N)oc2ccccc12. The average Bonchev–Trinajstić information content (AvgIpc) is 2.66. The van der Waals surface area contributed by atoms with Gasteiger partial charge in [-0.2, -0.15) is 5.26 Å². The van der Waals surface area contributed by atoms with Crippen molar-refractivity contribution in [2.75, 3.05) is 0 Å². The Morgan fingerprint density at radius 2 is 2.28 bits per heavy atom. The maximum atomic E-state index is 10.6. The highest BCUT2D eigenvalue weighted by atomic mass is 16.5. The molecule has 0 aliphatic carbocycles. The van der Waals surface area contributed by atoms with Crippen LogP contribution >= 0.6 is 0 Å². The summed E-state index contributed by atoms with van der Waals surface area (Å²) in [5, 5.41) is 18.3. The van der Waals surface area contributed by atoms with E-state index in [4.69, 9.17) is 19.5 Å². The van der Waals surface area contributed by atoms with Gasteiger partial charge in [-0.25, -0.2) is 0 Å². The standard InChI is InChI=1S/C13H11NO4/c1-8(6-12(15)16)17-13-9-4-2-3-5-10(9)18-11(13)7-14/h2-5,8H,6H2,1H3,(H,15,16)/t8-/m0/s1. The molecule has 0 saturated heterocycles. The van der Waals surface area contributed by atoms with Crippen LogP contribution in [0.25, 0.3) is 11.0 Å². The van der Waals surface area contributed by atoms with Gasteiger partial charge in [0.2, 0.25) is 5.76 Å². The van der Waals surface area contributed by atoms with Gasteiger partial charge < -0.3 is 14.3 Å². The van der Waals surface area contributed by atoms with Gasteiger partial charge >= 0.3 is 5.97 Å². The third-order valence-corrected chi connectivity index (χ3v) is 2.43. The van der Waals surface area contributed by atoms with Gasteiger partial charge in [0.1, 0.15) is 17.8 Å². The summed E-state index contributed by atoms with van der Waals surface area (Å²) in [5.74, 6) is -0.580. The lowest BCUT2D eigenvalue weighted by molar-refractivity contribution is -0.138. The zero-order valence-electron chi connectivity index (χ0n) is 9.71. The van der Waals surface area contributed by atoms with Crippen molar-refractivity contribution in [1.29, 1.82) is 5.26 Å². The second-order valence-electron chi connectivity index (χ2n) is 3.89. The van der Waals surface area contributed by atoms with E-state index in [1.807, 2.05) is 6.07 Å². The first-order valence-electron chi connectivity index (χ1n) is 5.42. The minimum atomic E-state index is -0.950. The van der Waals surface area contributed by atoms with Gasteiger partial charge in [-0.3, -0.25) is 4.79 Å². The molecule has 1 atom stereocenters. The third-order valence-electron chi connectivity index (χ3n) is 2.43.